The van der Waals surface area contributed by atoms with Crippen molar-refractivity contribution in [2.45, 2.75) is 261 Å². The average molecular weight is 2060 g/mol. The Labute approximate surface area is 854 Å². The Bertz CT molecular complexity index is 5630. The maximum atomic E-state index is 15.5. The van der Waals surface area contributed by atoms with E-state index in [9.17, 15) is 73.2 Å². The van der Waals surface area contributed by atoms with E-state index in [0.717, 1.165) is 49.1 Å². The summed E-state index contributed by atoms with van der Waals surface area (Å²) in [6, 6.07) is 1.58. The van der Waals surface area contributed by atoms with Crippen molar-refractivity contribution in [3.8, 4) is 29.2 Å². The quantitative estimate of drug-likeness (QED) is 0.0231. The van der Waals surface area contributed by atoms with Crippen LogP contribution in [-0.4, -0.2) is 293 Å². The summed E-state index contributed by atoms with van der Waals surface area (Å²) in [6.07, 6.45) is 9.46. The number of fused-ring (bicyclic) bond motifs is 1. The van der Waals surface area contributed by atoms with Gasteiger partial charge in [0.05, 0.1) is 36.4 Å². The molecule has 796 valence electrons. The third-order valence-electron chi connectivity index (χ3n) is 25.0. The van der Waals surface area contributed by atoms with E-state index in [0.29, 0.717) is 46.6 Å². The van der Waals surface area contributed by atoms with Gasteiger partial charge in [-0.05, 0) is 123 Å². The van der Waals surface area contributed by atoms with Gasteiger partial charge in [0.2, 0.25) is 100 Å². The van der Waals surface area contributed by atoms with E-state index in [1.54, 1.807) is 96.3 Å². The lowest BCUT2D eigenvalue weighted by Crippen LogP contribution is -2.65. The van der Waals surface area contributed by atoms with E-state index >= 15 is 38.4 Å². The molecule has 16 atom stereocenters. The standard InChI is InChI=1S/C101H137N21O24S/c1-13-22-68(85(103)129)109-86(130)56(8)107-97(141)78-50-147-51-79(124)108-75(44-64-47-104-52-106-64)91(135)113-71(42-60-31-35-65(36-32-60)146-49-81(127)128)90(134)115-76(45-80(125)126)92(136)114-74(43-63-46-105-67-28-21-20-27-66(63)67)94(138)119-82(54(4)5)98(142)116-72(41-59-29-33-62(34-30-59)61-25-18-15-19-26-61)93(137)120-83(55(6)7)100(144)122(12)57(9)87(131)111-70(39-53(2)3)89(133)110-69(37-38-102)88(132)112-73(40-58-23-16-14-17-24-58)95(139)121-84(101(10,11)145)99(143)117-77(48-123)96(140)118-78/h1,15,18-21,25-36,46-47,52-58,68-78,82-84,105,123,145H,14,16-17,22-24,37-45,48-51,102H2,2-12H3,(H2,103,129)(H,104,106)(H,107,141)(H,108,124)(H,109,130)(H,110,133)(H,111,131)(H,112,132)(H,113,135)(H,114,136)(H,115,134)(H,116,142)(H,117,143)(H,118,140)(H,119,138)(H,120,137)(H,121,139)(H,125,126)(H,127,128)/t56-,57+,68+,69+,70-,71+,72+,73+,74+,75+,76+,77+,78+,82+,83+,84-/m1/s1. The molecule has 1 saturated heterocycles. The molecule has 2 fully saturated rings. The summed E-state index contributed by atoms with van der Waals surface area (Å²) in [4.78, 5) is 287. The number of aromatic nitrogens is 3. The van der Waals surface area contributed by atoms with Crippen molar-refractivity contribution in [3.05, 3.63) is 144 Å². The van der Waals surface area contributed by atoms with Crippen molar-refractivity contribution >= 4 is 135 Å². The molecule has 1 saturated carbocycles. The number of likely N-dealkylation sites (N-methyl/N-ethyl adjacent to an activating group) is 1. The molecule has 17 amide bonds. The SMILES string of the molecule is C#CC[C@H](NC(=O)[C@@H](C)NC(=O)[C@@H]1CSCC(=O)N[C@@H](Cc2c[nH]cn2)C(=O)N[C@@H](Cc2ccc(OCC(=O)O)cc2)C(=O)N[C@@H](CC(=O)O)C(=O)N[C@@H](Cc2c[nH]c3ccccc23)C(=O)N[C@@H](C(C)C)C(=O)N[C@@H](Cc2ccc(-c3ccccc3)cc2)C(=O)N[C@@H](C(C)C)C(=O)N(C)[C@@H](C)C(=O)N[C@H](CC(C)C)C(=O)N[C@@H](CCN)C(=O)N[C@@H](CC2CCCCC2)C(=O)N[C@@H](C(C)(C)O)C(=O)N[C@@H](CO)C(=O)N1)C(N)=O. The minimum Gasteiger partial charge on any atom is -0.482 e. The summed E-state index contributed by atoms with van der Waals surface area (Å²) in [5.41, 5.74) is 12.8. The van der Waals surface area contributed by atoms with E-state index < -0.39 is 277 Å². The van der Waals surface area contributed by atoms with E-state index in [-0.39, 0.29) is 67.5 Å². The van der Waals surface area contributed by atoms with Crippen LogP contribution in [0.3, 0.4) is 0 Å². The van der Waals surface area contributed by atoms with Crippen molar-refractivity contribution in [3.63, 3.8) is 0 Å². The van der Waals surface area contributed by atoms with Crippen LogP contribution in [0.15, 0.2) is 122 Å². The van der Waals surface area contributed by atoms with Gasteiger partial charge >= 0.3 is 11.9 Å². The number of amides is 17. The number of para-hydroxylation sites is 1. The summed E-state index contributed by atoms with van der Waals surface area (Å²) in [5, 5.41) is 81.7. The van der Waals surface area contributed by atoms with Crippen LogP contribution in [0.2, 0.25) is 0 Å². The number of aliphatic hydroxyl groups excluding tert-OH is 1. The molecule has 4 aromatic carbocycles. The van der Waals surface area contributed by atoms with Crippen molar-refractivity contribution in [2.75, 3.05) is 38.3 Å². The van der Waals surface area contributed by atoms with Crippen LogP contribution < -0.4 is 96.0 Å². The number of carbonyl (C=O) groups excluding carboxylic acids is 17. The third kappa shape index (κ3) is 36.4. The highest BCUT2D eigenvalue weighted by molar-refractivity contribution is 8.00. The molecule has 2 aliphatic rings. The number of imidazole rings is 1. The third-order valence-corrected chi connectivity index (χ3v) is 26.0. The van der Waals surface area contributed by atoms with E-state index in [1.165, 1.54) is 57.7 Å². The molecule has 6 aromatic rings. The average Bonchev–Trinajstić information content (AvgIpc) is 1.66. The molecule has 2 aromatic heterocycles. The number of aliphatic carboxylic acids is 2. The smallest absolute Gasteiger partial charge is 0.341 e. The molecule has 147 heavy (non-hydrogen) atoms. The summed E-state index contributed by atoms with van der Waals surface area (Å²) in [6.45, 7) is 12.3. The Morgan fingerprint density at radius 2 is 1.08 bits per heavy atom. The molecular weight excluding hydrogens is 1920 g/mol. The number of benzene rings is 4. The van der Waals surface area contributed by atoms with Gasteiger partial charge in [0.1, 0.15) is 102 Å². The zero-order chi connectivity index (χ0) is 108. The Morgan fingerprint density at radius 3 is 1.65 bits per heavy atom. The van der Waals surface area contributed by atoms with Crippen molar-refractivity contribution in [2.24, 2.45) is 35.1 Å². The minimum absolute atomic E-state index is 0.0374. The molecule has 0 spiro atoms. The fourth-order valence-electron chi connectivity index (χ4n) is 16.6. The van der Waals surface area contributed by atoms with E-state index in [2.05, 4.69) is 101 Å². The van der Waals surface area contributed by atoms with Gasteiger partial charge in [0.15, 0.2) is 6.61 Å². The molecule has 0 unspecified atom stereocenters. The van der Waals surface area contributed by atoms with Gasteiger partial charge in [-0.25, -0.2) is 9.78 Å². The number of rotatable bonds is 30. The largest absolute Gasteiger partial charge is 0.482 e. The second kappa shape index (κ2) is 56.6. The van der Waals surface area contributed by atoms with Gasteiger partial charge in [0, 0.05) is 68.2 Å². The number of H-pyrrole nitrogens is 2. The van der Waals surface area contributed by atoms with Gasteiger partial charge in [0.25, 0.3) is 0 Å². The van der Waals surface area contributed by atoms with Crippen molar-refractivity contribution < 1.29 is 116 Å². The van der Waals surface area contributed by atoms with Crippen molar-refractivity contribution in [1.82, 2.24) is 99.6 Å². The van der Waals surface area contributed by atoms with Crippen LogP contribution in [0.25, 0.3) is 22.0 Å². The highest BCUT2D eigenvalue weighted by Crippen LogP contribution is 2.29. The summed E-state index contributed by atoms with van der Waals surface area (Å²) < 4.78 is 5.33. The Balaban J connectivity index is 1.22. The number of aromatic amines is 2. The van der Waals surface area contributed by atoms with Gasteiger partial charge < -0.3 is 131 Å². The number of aliphatic hydroxyl groups is 2. The van der Waals surface area contributed by atoms with Crippen LogP contribution in [0, 0.1) is 36.0 Å². The molecule has 0 bridgehead atoms. The number of thioether (sulfide) groups is 1. The lowest BCUT2D eigenvalue weighted by atomic mass is 9.84. The van der Waals surface area contributed by atoms with E-state index in [1.807, 2.05) is 30.3 Å². The Kier molecular flexibility index (Phi) is 45.2. The molecule has 0 radical (unpaired) electrons. The maximum absolute atomic E-state index is 15.5. The number of ether oxygens (including phenoxy) is 1. The molecule has 3 heterocycles. The van der Waals surface area contributed by atoms with Crippen molar-refractivity contribution in [1.29, 1.82) is 0 Å². The maximum Gasteiger partial charge on any atom is 0.341 e. The number of hydrogen-bond acceptors (Lipinski definition) is 25. The number of primary amides is 1. The molecule has 1 aliphatic heterocycles. The first-order valence-electron chi connectivity index (χ1n) is 48.6. The topological polar surface area (TPSA) is 695 Å². The first-order valence-corrected chi connectivity index (χ1v) is 49.8. The monoisotopic (exact) mass is 2060 g/mol. The normalized spacial score (nSPS) is 23.4. The van der Waals surface area contributed by atoms with Gasteiger partial charge in [-0.1, -0.05) is 159 Å². The summed E-state index contributed by atoms with van der Waals surface area (Å²) >= 11 is 0.609. The Hall–Kier alpha value is -14.8. The fourth-order valence-corrected chi connectivity index (χ4v) is 17.4. The van der Waals surface area contributed by atoms with Crippen LogP contribution in [-0.2, 0) is 117 Å². The predicted octanol–water partition coefficient (Wildman–Crippen LogP) is -1.40. The second-order valence-corrected chi connectivity index (χ2v) is 39.4. The van der Waals surface area contributed by atoms with E-state index in [4.69, 9.17) is 22.6 Å². The Morgan fingerprint density at radius 1 is 0.565 bits per heavy atom. The predicted molar refractivity (Wildman–Crippen MR) is 540 cm³/mol. The number of carboxylic acid groups (broad SMARTS) is 2. The van der Waals surface area contributed by atoms with Crippen LogP contribution in [0.1, 0.15) is 156 Å². The first kappa shape index (κ1) is 117. The zero-order valence-electron chi connectivity index (χ0n) is 84.0. The molecule has 45 nitrogen and oxygen atoms in total. The zero-order valence-corrected chi connectivity index (χ0v) is 84.8. The lowest BCUT2D eigenvalue weighted by Gasteiger charge is -2.33. The highest BCUT2D eigenvalue weighted by atomic mass is 32.2. The molecule has 8 rings (SSSR count). The lowest BCUT2D eigenvalue weighted by molar-refractivity contribution is -0.143. The number of carboxylic acids is 2. The van der Waals surface area contributed by atoms with Gasteiger partial charge in [-0.3, -0.25) is 86.3 Å². The molecule has 1 aliphatic carbocycles. The first-order chi connectivity index (χ1) is 69.6. The number of nitrogens with one attached hydrogen (secondary N) is 17. The van der Waals surface area contributed by atoms with Gasteiger partial charge in [-0.15, -0.1) is 24.1 Å². The van der Waals surface area contributed by atoms with Crippen LogP contribution in [0.5, 0.6) is 5.75 Å². The number of nitrogens with two attached hydrogens (primary N) is 2. The number of carbonyl (C=O) groups is 19. The molecular formula is C101H137N21O24S. The van der Waals surface area contributed by atoms with Gasteiger partial charge in [-0.2, -0.15) is 0 Å². The molecule has 25 N–H and O–H groups in total. The molecule has 46 heteroatoms. The van der Waals surface area contributed by atoms with Crippen LogP contribution in [0.4, 0.5) is 0 Å². The highest BCUT2D eigenvalue weighted by Gasteiger charge is 2.44. The fraction of sp³-hybridized carbons (Fsp3) is 0.505. The summed E-state index contributed by atoms with van der Waals surface area (Å²) in [5.74, 6) is -22.5. The minimum atomic E-state index is -2.26. The number of terminal acetylenes is 1. The van der Waals surface area contributed by atoms with Crippen LogP contribution >= 0.6 is 11.8 Å². The second-order valence-electron chi connectivity index (χ2n) is 38.3. The number of hydrogen-bond donors (Lipinski definition) is 23. The number of nitrogens with zero attached hydrogens (tertiary/aromatic N) is 2. The summed E-state index contributed by atoms with van der Waals surface area (Å²) in [7, 11) is 1.29.